The number of hydrogen-bond acceptors (Lipinski definition) is 10. The second-order valence-electron chi connectivity index (χ2n) is 4.84. The van der Waals surface area contributed by atoms with Crippen molar-refractivity contribution in [3.63, 3.8) is 0 Å². The fourth-order valence-electron chi connectivity index (χ4n) is 2.31. The van der Waals surface area contributed by atoms with Gasteiger partial charge < -0.3 is 82.6 Å². The first-order chi connectivity index (χ1) is 10.8. The summed E-state index contributed by atoms with van der Waals surface area (Å²) in [4.78, 5) is 42.6. The molecule has 2 unspecified atom stereocenters. The Balaban J connectivity index is -0.000000104. The van der Waals surface area contributed by atoms with Crippen LogP contribution in [0.25, 0.3) is 11.2 Å². The van der Waals surface area contributed by atoms with E-state index in [0.717, 1.165) is 6.33 Å². The zero-order valence-electron chi connectivity index (χ0n) is 17.3. The summed E-state index contributed by atoms with van der Waals surface area (Å²) in [6, 6.07) is 0. The van der Waals surface area contributed by atoms with Gasteiger partial charge in [0, 0.05) is 0 Å². The van der Waals surface area contributed by atoms with Crippen molar-refractivity contribution in [3.8, 4) is 0 Å². The van der Waals surface area contributed by atoms with E-state index in [0.29, 0.717) is 0 Å². The van der Waals surface area contributed by atoms with E-state index in [-0.39, 0.29) is 114 Å². The van der Waals surface area contributed by atoms with Crippen LogP contribution in [0.2, 0.25) is 0 Å². The first kappa shape index (κ1) is 54.1. The van der Waals surface area contributed by atoms with Gasteiger partial charge in [-0.1, -0.05) is 0 Å². The molecule has 0 aromatic carbocycles. The van der Waals surface area contributed by atoms with Gasteiger partial charge in [0.1, 0.15) is 18.3 Å². The Morgan fingerprint density at radius 3 is 2.03 bits per heavy atom. The van der Waals surface area contributed by atoms with Crippen LogP contribution in [0.4, 0.5) is 0 Å². The summed E-state index contributed by atoms with van der Waals surface area (Å²) >= 11 is 0. The third-order valence-electron chi connectivity index (χ3n) is 3.37. The third-order valence-corrected chi connectivity index (χ3v) is 3.84. The molecule has 4 atom stereocenters. The van der Waals surface area contributed by atoms with Crippen LogP contribution in [0.15, 0.2) is 17.4 Å². The molecule has 0 amide bonds. The largest absolute Gasteiger partial charge is 1.00 e. The normalized spacial score (nSPS) is 19.9. The average molecular weight is 536 g/mol. The maximum absolute atomic E-state index is 11.6. The van der Waals surface area contributed by atoms with Crippen molar-refractivity contribution < 1.29 is 137 Å². The number of fused-ring (bicyclic) bond motifs is 1. The van der Waals surface area contributed by atoms with E-state index in [1.807, 2.05) is 0 Å². The molecule has 2 aromatic heterocycles. The standard InChI is InChI=1S/C10H13N4O8P.2Na.8H2O/c15-6-4(1-21-23(18,19)20)22-10(7(6)16)14-3-13-5-8(14)11-2-12-9(5)17;;;;;;;;;;/h2-4,6-7,10,15-16H,1H2,(H,11,12,17)(H2,18,19,20);;;8*1H2/q;2*+1;;;;;;;;/p-2/t4-,6?,7-,10?;;;;;;;;;;/m1........../s1. The predicted octanol–water partition coefficient (Wildman–Crippen LogP) is -16.0. The number of nitrogens with one attached hydrogen (secondary N) is 1. The van der Waals surface area contributed by atoms with E-state index in [1.54, 1.807) is 0 Å². The number of rotatable bonds is 4. The second-order valence-corrected chi connectivity index (χ2v) is 6.00. The predicted molar refractivity (Wildman–Crippen MR) is 96.5 cm³/mol. The SMILES string of the molecule is O.O.O.O.O.O.O.O.O=c1[nH]cnc2c1ncn2C1O[C@H](COP(=O)([O-])[O-])C(O)[C@H]1O.[Na+].[Na+]. The van der Waals surface area contributed by atoms with Gasteiger partial charge in [-0.3, -0.25) is 9.36 Å². The Bertz CT molecular complexity index is 835. The number of aromatic amines is 1. The number of imidazole rings is 1. The number of aliphatic hydroxyl groups is 2. The van der Waals surface area contributed by atoms with Crippen molar-refractivity contribution in [1.82, 2.24) is 19.5 Å². The summed E-state index contributed by atoms with van der Waals surface area (Å²) in [7, 11) is -5.24. The number of phosphoric acid groups is 1. The molecule has 0 saturated carbocycles. The summed E-state index contributed by atoms with van der Waals surface area (Å²) in [5, 5.41) is 19.9. The summed E-state index contributed by atoms with van der Waals surface area (Å²) in [6.07, 6.45) is -3.11. The zero-order chi connectivity index (χ0) is 16.8. The summed E-state index contributed by atoms with van der Waals surface area (Å²) in [5.74, 6) is 0. The molecule has 0 aliphatic carbocycles. The van der Waals surface area contributed by atoms with E-state index >= 15 is 0 Å². The topological polar surface area (TPSA) is 438 Å². The second kappa shape index (κ2) is 21.3. The maximum atomic E-state index is 11.6. The molecule has 20 nitrogen and oxygen atoms in total. The number of nitrogens with zero attached hydrogens (tertiary/aromatic N) is 3. The molecule has 3 heterocycles. The van der Waals surface area contributed by atoms with Crippen LogP contribution in [0.3, 0.4) is 0 Å². The molecule has 3 rings (SSSR count). The summed E-state index contributed by atoms with van der Waals surface area (Å²) in [5.41, 5.74) is -0.397. The molecule has 0 radical (unpaired) electrons. The minimum atomic E-state index is -5.24. The molecule has 19 N–H and O–H groups in total. The van der Waals surface area contributed by atoms with Crippen LogP contribution >= 0.6 is 7.82 Å². The third kappa shape index (κ3) is 12.0. The molecule has 1 aliphatic rings. The molecule has 23 heteroatoms. The van der Waals surface area contributed by atoms with E-state index in [9.17, 15) is 29.4 Å². The van der Waals surface area contributed by atoms with Gasteiger partial charge in [0.2, 0.25) is 0 Å². The number of hydrogen-bond donors (Lipinski definition) is 3. The minimum Gasteiger partial charge on any atom is -0.790 e. The maximum Gasteiger partial charge on any atom is 1.00 e. The Kier molecular flexibility index (Phi) is 34.9. The van der Waals surface area contributed by atoms with Crippen molar-refractivity contribution >= 4 is 19.0 Å². The van der Waals surface area contributed by atoms with Crippen LogP contribution < -0.4 is 74.5 Å². The number of aromatic nitrogens is 4. The van der Waals surface area contributed by atoms with Crippen molar-refractivity contribution in [1.29, 1.82) is 0 Å². The molecule has 0 bridgehead atoms. The van der Waals surface area contributed by atoms with Gasteiger partial charge in [0.25, 0.3) is 5.56 Å². The molecule has 1 saturated heterocycles. The first-order valence-corrected chi connectivity index (χ1v) is 7.82. The quantitative estimate of drug-likeness (QED) is 0.244. The molecular formula is C10H27N4Na2O16P. The molecule has 1 fully saturated rings. The van der Waals surface area contributed by atoms with Crippen LogP contribution in [-0.4, -0.2) is 98.5 Å². The van der Waals surface area contributed by atoms with Crippen molar-refractivity contribution in [2.45, 2.75) is 24.5 Å². The zero-order valence-corrected chi connectivity index (χ0v) is 22.2. The molecule has 2 aromatic rings. The van der Waals surface area contributed by atoms with Crippen molar-refractivity contribution in [2.24, 2.45) is 0 Å². The van der Waals surface area contributed by atoms with Gasteiger partial charge in [-0.15, -0.1) is 0 Å². The fraction of sp³-hybridized carbons (Fsp3) is 0.500. The molecular weight excluding hydrogens is 509 g/mol. The average Bonchev–Trinajstić information content (AvgIpc) is 3.01. The Morgan fingerprint density at radius 2 is 1.55 bits per heavy atom. The summed E-state index contributed by atoms with van der Waals surface area (Å²) < 4.78 is 21.1. The van der Waals surface area contributed by atoms with Gasteiger partial charge >= 0.3 is 59.1 Å². The molecule has 0 spiro atoms. The summed E-state index contributed by atoms with van der Waals surface area (Å²) in [6.45, 7) is -0.750. The van der Waals surface area contributed by atoms with Crippen molar-refractivity contribution in [2.75, 3.05) is 6.61 Å². The number of H-pyrrole nitrogens is 1. The van der Waals surface area contributed by atoms with Crippen LogP contribution in [0.5, 0.6) is 0 Å². The molecule has 1 aliphatic heterocycles. The van der Waals surface area contributed by atoms with Gasteiger partial charge in [0.15, 0.2) is 17.4 Å². The van der Waals surface area contributed by atoms with Crippen LogP contribution in [0, 0.1) is 0 Å². The van der Waals surface area contributed by atoms with E-state index in [2.05, 4.69) is 19.5 Å². The monoisotopic (exact) mass is 536 g/mol. The molecule has 190 valence electrons. The Labute approximate surface area is 228 Å². The van der Waals surface area contributed by atoms with Gasteiger partial charge in [-0.25, -0.2) is 9.97 Å². The van der Waals surface area contributed by atoms with Crippen LogP contribution in [0.1, 0.15) is 6.23 Å². The first-order valence-electron chi connectivity index (χ1n) is 6.36. The Hall–Kier alpha value is 0.0200. The minimum absolute atomic E-state index is 0. The van der Waals surface area contributed by atoms with Gasteiger partial charge in [-0.2, -0.15) is 0 Å². The number of phosphoric ester groups is 1. The van der Waals surface area contributed by atoms with E-state index < -0.39 is 44.5 Å². The number of aliphatic hydroxyl groups excluding tert-OH is 2. The van der Waals surface area contributed by atoms with E-state index in [4.69, 9.17) is 4.74 Å². The van der Waals surface area contributed by atoms with Gasteiger partial charge in [0.05, 0.1) is 27.1 Å². The smallest absolute Gasteiger partial charge is 0.790 e. The van der Waals surface area contributed by atoms with Gasteiger partial charge in [-0.05, 0) is 0 Å². The van der Waals surface area contributed by atoms with E-state index in [1.165, 1.54) is 10.9 Å². The Morgan fingerprint density at radius 1 is 1.03 bits per heavy atom. The molecule has 33 heavy (non-hydrogen) atoms. The fourth-order valence-corrected chi connectivity index (χ4v) is 2.64. The van der Waals surface area contributed by atoms with Crippen LogP contribution in [-0.2, 0) is 13.8 Å². The van der Waals surface area contributed by atoms with Crippen molar-refractivity contribution in [3.05, 3.63) is 23.0 Å². The number of ether oxygens (including phenoxy) is 1.